The smallest absolute Gasteiger partial charge is 0.119 e. The first kappa shape index (κ1) is 12.9. The van der Waals surface area contributed by atoms with Gasteiger partial charge in [0.25, 0.3) is 0 Å². The van der Waals surface area contributed by atoms with E-state index in [4.69, 9.17) is 9.47 Å². The Morgan fingerprint density at radius 1 is 1.26 bits per heavy atom. The van der Waals surface area contributed by atoms with E-state index in [1.807, 2.05) is 24.3 Å². The van der Waals surface area contributed by atoms with Crippen LogP contribution in [-0.2, 0) is 4.74 Å². The van der Waals surface area contributed by atoms with Crippen LogP contribution >= 0.6 is 0 Å². The van der Waals surface area contributed by atoms with E-state index in [0.717, 1.165) is 17.9 Å². The van der Waals surface area contributed by atoms with E-state index in [0.29, 0.717) is 12.5 Å². The number of ether oxygens (including phenoxy) is 2. The predicted molar refractivity (Wildman–Crippen MR) is 73.2 cm³/mol. The summed E-state index contributed by atoms with van der Waals surface area (Å²) in [4.78, 5) is 0. The molecular weight excluding hydrogens is 240 g/mol. The summed E-state index contributed by atoms with van der Waals surface area (Å²) in [6.07, 6.45) is 6.10. The van der Waals surface area contributed by atoms with Gasteiger partial charge < -0.3 is 14.6 Å². The molecule has 1 saturated carbocycles. The lowest BCUT2D eigenvalue weighted by molar-refractivity contribution is 0.136. The van der Waals surface area contributed by atoms with Gasteiger partial charge in [0.1, 0.15) is 18.0 Å². The zero-order chi connectivity index (χ0) is 13.1. The molecule has 3 heteroatoms. The number of epoxide rings is 1. The Labute approximate surface area is 114 Å². The lowest BCUT2D eigenvalue weighted by atomic mass is 9.90. The molecule has 1 unspecified atom stereocenters. The maximum atomic E-state index is 10.0. The van der Waals surface area contributed by atoms with Crippen molar-refractivity contribution in [1.82, 2.24) is 0 Å². The third kappa shape index (κ3) is 3.48. The third-order valence-corrected chi connectivity index (χ3v) is 4.12. The van der Waals surface area contributed by atoms with Crippen molar-refractivity contribution in [1.29, 1.82) is 0 Å². The van der Waals surface area contributed by atoms with Crippen molar-refractivity contribution in [3.63, 3.8) is 0 Å². The first-order valence-electron chi connectivity index (χ1n) is 7.35. The number of aliphatic hydroxyl groups is 1. The molecule has 0 amide bonds. The molecule has 2 aliphatic rings. The lowest BCUT2D eigenvalue weighted by Crippen LogP contribution is -2.15. The largest absolute Gasteiger partial charge is 0.493 e. The summed E-state index contributed by atoms with van der Waals surface area (Å²) in [5.41, 5.74) is 0.892. The van der Waals surface area contributed by atoms with Crippen LogP contribution in [0.3, 0.4) is 0 Å². The average Bonchev–Trinajstić information content (AvgIpc) is 3.30. The Hall–Kier alpha value is -1.06. The molecule has 1 aromatic rings. The summed E-state index contributed by atoms with van der Waals surface area (Å²) in [5, 5.41) is 10.0. The molecule has 2 atom stereocenters. The minimum Gasteiger partial charge on any atom is -0.493 e. The molecule has 1 aliphatic carbocycles. The lowest BCUT2D eigenvalue weighted by Gasteiger charge is -2.22. The van der Waals surface area contributed by atoms with Gasteiger partial charge in [-0.2, -0.15) is 0 Å². The molecule has 1 aromatic carbocycles. The van der Waals surface area contributed by atoms with Crippen molar-refractivity contribution in [3.8, 4) is 5.75 Å². The number of aliphatic hydroxyl groups excluding tert-OH is 1. The van der Waals surface area contributed by atoms with Crippen LogP contribution in [0.25, 0.3) is 0 Å². The summed E-state index contributed by atoms with van der Waals surface area (Å²) in [5.74, 6) is 1.57. The number of benzene rings is 1. The van der Waals surface area contributed by atoms with Crippen LogP contribution in [0.4, 0.5) is 0 Å². The van der Waals surface area contributed by atoms with Gasteiger partial charge in [0.15, 0.2) is 0 Å². The van der Waals surface area contributed by atoms with Crippen LogP contribution in [-0.4, -0.2) is 24.4 Å². The zero-order valence-electron chi connectivity index (χ0n) is 11.3. The normalized spacial score (nSPS) is 25.0. The van der Waals surface area contributed by atoms with Gasteiger partial charge in [-0.05, 0) is 36.5 Å². The molecule has 3 rings (SSSR count). The monoisotopic (exact) mass is 262 g/mol. The third-order valence-electron chi connectivity index (χ3n) is 4.12. The maximum Gasteiger partial charge on any atom is 0.119 e. The maximum absolute atomic E-state index is 10.0. The highest BCUT2D eigenvalue weighted by Crippen LogP contribution is 2.30. The molecule has 19 heavy (non-hydrogen) atoms. The van der Waals surface area contributed by atoms with Crippen molar-refractivity contribution in [2.75, 3.05) is 13.2 Å². The van der Waals surface area contributed by atoms with Gasteiger partial charge in [0, 0.05) is 0 Å². The van der Waals surface area contributed by atoms with Gasteiger partial charge in [-0.25, -0.2) is 0 Å². The van der Waals surface area contributed by atoms with Gasteiger partial charge in [0.2, 0.25) is 0 Å². The second-order valence-electron chi connectivity index (χ2n) is 5.70. The summed E-state index contributed by atoms with van der Waals surface area (Å²) in [6.45, 7) is 1.47. The van der Waals surface area contributed by atoms with Gasteiger partial charge in [-0.1, -0.05) is 31.4 Å². The van der Waals surface area contributed by atoms with Crippen LogP contribution in [0.1, 0.15) is 43.8 Å². The summed E-state index contributed by atoms with van der Waals surface area (Å²) < 4.78 is 11.0. The highest BCUT2D eigenvalue weighted by molar-refractivity contribution is 5.30. The summed E-state index contributed by atoms with van der Waals surface area (Å²) >= 11 is 0. The Morgan fingerprint density at radius 2 is 2.05 bits per heavy atom. The molecular formula is C16H22O3. The first-order chi connectivity index (χ1) is 9.33. The van der Waals surface area contributed by atoms with Crippen LogP contribution in [0.2, 0.25) is 0 Å². The van der Waals surface area contributed by atoms with Gasteiger partial charge in [0.05, 0.1) is 13.2 Å². The van der Waals surface area contributed by atoms with Gasteiger partial charge in [-0.3, -0.25) is 0 Å². The van der Waals surface area contributed by atoms with Crippen molar-refractivity contribution in [2.24, 2.45) is 5.92 Å². The molecule has 0 aromatic heterocycles. The molecule has 1 N–H and O–H groups in total. The minimum atomic E-state index is -0.516. The fraction of sp³-hybridized carbons (Fsp3) is 0.625. The second kappa shape index (κ2) is 5.93. The molecule has 0 spiro atoms. The molecule has 0 radical (unpaired) electrons. The molecule has 0 bridgehead atoms. The highest BCUT2D eigenvalue weighted by Gasteiger charge is 2.32. The van der Waals surface area contributed by atoms with E-state index < -0.39 is 6.10 Å². The predicted octanol–water partition coefficient (Wildman–Crippen LogP) is 3.08. The van der Waals surface area contributed by atoms with Crippen LogP contribution < -0.4 is 4.74 Å². The van der Waals surface area contributed by atoms with E-state index in [9.17, 15) is 5.11 Å². The van der Waals surface area contributed by atoms with Crippen molar-refractivity contribution < 1.29 is 14.6 Å². The SMILES string of the molecule is O[C@@H](c1cccc(OCC2CCCCC2)c1)C1CO1. The number of hydrogen-bond acceptors (Lipinski definition) is 3. The second-order valence-corrected chi connectivity index (χ2v) is 5.70. The minimum absolute atomic E-state index is 0.0198. The van der Waals surface area contributed by atoms with E-state index in [1.165, 1.54) is 32.1 Å². The van der Waals surface area contributed by atoms with Gasteiger partial charge >= 0.3 is 0 Å². The van der Waals surface area contributed by atoms with Crippen LogP contribution in [0.15, 0.2) is 24.3 Å². The molecule has 1 aliphatic heterocycles. The Kier molecular flexibility index (Phi) is 4.04. The number of hydrogen-bond donors (Lipinski definition) is 1. The Morgan fingerprint density at radius 3 is 2.79 bits per heavy atom. The standard InChI is InChI=1S/C16H22O3/c17-16(15-11-19-15)13-7-4-8-14(9-13)18-10-12-5-2-1-3-6-12/h4,7-9,12,15-17H,1-3,5-6,10-11H2/t15?,16-/m0/s1. The van der Waals surface area contributed by atoms with Crippen molar-refractivity contribution >= 4 is 0 Å². The fourth-order valence-corrected chi connectivity index (χ4v) is 2.81. The molecule has 2 fully saturated rings. The Balaban J connectivity index is 1.56. The number of rotatable bonds is 5. The average molecular weight is 262 g/mol. The van der Waals surface area contributed by atoms with Crippen molar-refractivity contribution in [3.05, 3.63) is 29.8 Å². The highest BCUT2D eigenvalue weighted by atomic mass is 16.6. The zero-order valence-corrected chi connectivity index (χ0v) is 11.3. The Bertz CT molecular complexity index is 408. The van der Waals surface area contributed by atoms with Crippen LogP contribution in [0.5, 0.6) is 5.75 Å². The van der Waals surface area contributed by atoms with E-state index in [-0.39, 0.29) is 6.10 Å². The topological polar surface area (TPSA) is 42.0 Å². The summed E-state index contributed by atoms with van der Waals surface area (Å²) in [6, 6.07) is 7.78. The molecule has 1 saturated heterocycles. The van der Waals surface area contributed by atoms with E-state index in [1.54, 1.807) is 0 Å². The fourth-order valence-electron chi connectivity index (χ4n) is 2.81. The van der Waals surface area contributed by atoms with E-state index >= 15 is 0 Å². The molecule has 1 heterocycles. The van der Waals surface area contributed by atoms with Crippen LogP contribution in [0, 0.1) is 5.92 Å². The van der Waals surface area contributed by atoms with Crippen molar-refractivity contribution in [2.45, 2.75) is 44.3 Å². The van der Waals surface area contributed by atoms with E-state index in [2.05, 4.69) is 0 Å². The summed E-state index contributed by atoms with van der Waals surface area (Å²) in [7, 11) is 0. The first-order valence-corrected chi connectivity index (χ1v) is 7.35. The molecule has 3 nitrogen and oxygen atoms in total. The quantitative estimate of drug-likeness (QED) is 0.829. The van der Waals surface area contributed by atoms with Gasteiger partial charge in [-0.15, -0.1) is 0 Å². The molecule has 104 valence electrons.